The molecule has 0 amide bonds. The van der Waals surface area contributed by atoms with Gasteiger partial charge in [-0.25, -0.2) is 0 Å². The molecule has 0 unspecified atom stereocenters. The molecule has 0 atom stereocenters. The van der Waals surface area contributed by atoms with Gasteiger partial charge in [-0.3, -0.25) is 0 Å². The van der Waals surface area contributed by atoms with Gasteiger partial charge in [0.15, 0.2) is 6.21 Å². The summed E-state index contributed by atoms with van der Waals surface area (Å²) in [6.07, 6.45) is 35.4. The Morgan fingerprint density at radius 3 is 2.00 bits per heavy atom. The van der Waals surface area contributed by atoms with E-state index >= 15 is 0 Å². The number of hydrogen-bond donors (Lipinski definition) is 3. The zero-order valence-corrected chi connectivity index (χ0v) is 45.9. The van der Waals surface area contributed by atoms with Crippen molar-refractivity contribution in [2.75, 3.05) is 19.4 Å². The Morgan fingerprint density at radius 2 is 1.38 bits per heavy atom. The maximum atomic E-state index is 4.44. The van der Waals surface area contributed by atoms with Crippen LogP contribution in [0.1, 0.15) is 73.2 Å². The Hall–Kier alpha value is -9.21. The third-order valence-electron chi connectivity index (χ3n) is 12.8. The zero-order valence-electron chi connectivity index (χ0n) is 45.9. The van der Waals surface area contributed by atoms with E-state index in [4.69, 9.17) is 0 Å². The lowest BCUT2D eigenvalue weighted by Crippen LogP contribution is -2.08. The maximum Gasteiger partial charge on any atom is 0.219 e. The molecular formula is C73H75N4+. The molecule has 0 saturated heterocycles. The lowest BCUT2D eigenvalue weighted by Gasteiger charge is -2.14. The molecule has 0 bridgehead atoms. The fourth-order valence-corrected chi connectivity index (χ4v) is 8.98. The average Bonchev–Trinajstić information content (AvgIpc) is 4.18. The number of aromatic nitrogens is 1. The van der Waals surface area contributed by atoms with Gasteiger partial charge in [0, 0.05) is 77.5 Å². The fraction of sp³-hybridized carbons (Fsp3) is 0.123. The van der Waals surface area contributed by atoms with E-state index in [0.29, 0.717) is 0 Å². The number of benzene rings is 6. The summed E-state index contributed by atoms with van der Waals surface area (Å²) >= 11 is 0. The van der Waals surface area contributed by atoms with Gasteiger partial charge in [0.1, 0.15) is 0 Å². The predicted molar refractivity (Wildman–Crippen MR) is 339 cm³/mol. The minimum Gasteiger partial charge on any atom is -0.388 e. The third-order valence-corrected chi connectivity index (χ3v) is 12.8. The van der Waals surface area contributed by atoms with Crippen LogP contribution in [0.15, 0.2) is 280 Å². The van der Waals surface area contributed by atoms with Gasteiger partial charge in [0.05, 0.1) is 6.08 Å². The van der Waals surface area contributed by atoms with Crippen LogP contribution in [0.3, 0.4) is 0 Å². The Morgan fingerprint density at radius 1 is 0.714 bits per heavy atom. The lowest BCUT2D eigenvalue weighted by molar-refractivity contribution is -0.405. The number of rotatable bonds is 17. The fourth-order valence-electron chi connectivity index (χ4n) is 8.98. The van der Waals surface area contributed by atoms with E-state index in [0.717, 1.165) is 58.6 Å². The normalized spacial score (nSPS) is 13.2. The molecule has 1 aromatic heterocycles. The number of aryl methyl sites for hydroxylation is 1. The molecule has 4 heteroatoms. The molecule has 0 spiro atoms. The first-order valence-electron chi connectivity index (χ1n) is 26.7. The van der Waals surface area contributed by atoms with Crippen molar-refractivity contribution in [3.8, 4) is 11.1 Å². The Bertz CT molecular complexity index is 3430. The third kappa shape index (κ3) is 16.1. The molecule has 3 N–H and O–H groups in total. The summed E-state index contributed by atoms with van der Waals surface area (Å²) in [4.78, 5) is 3.67. The monoisotopic (exact) mass is 1010 g/mol. The minimum absolute atomic E-state index is 0.940. The standard InChI is InChI=1S/C37H32N2.C18H20N.C16H17N.C2H6/c1-4-26(27-11-7-5-8-12-27)21-25(2)32-22-30(15-18-35(32)38-3)31-17-20-37-34(24-31)33-23-29(16-19-36(33)39-37)28-13-9-6-10-14-28;1-4-7-8-11-16-19(18-14-9-10-15-18)17(12-5-2)13-6-3;1-17-16(15-10-6-3-7-11-15)13-12-14-8-4-2-5-9-14;1-2/h4-15,17-18,20-24,38-39H,1-2,16,19H2,3H3;4-9,11-16H,2H2,1,3H3;2-11,13,17H,12H2,1H3;1-2H3/q;+1;;/b26-21+;7-4-,11-8-,13-6-,17-12+,19-16-;16-13-;. The smallest absolute Gasteiger partial charge is 0.219 e. The van der Waals surface area contributed by atoms with Crippen molar-refractivity contribution in [2.24, 2.45) is 0 Å². The van der Waals surface area contributed by atoms with Crippen molar-refractivity contribution in [3.05, 3.63) is 319 Å². The lowest BCUT2D eigenvalue weighted by atomic mass is 9.90. The van der Waals surface area contributed by atoms with Crippen LogP contribution in [0.5, 0.6) is 0 Å². The number of allylic oxidation sites excluding steroid dienone is 16. The molecule has 0 radical (unpaired) electrons. The SMILES string of the molecule is C=C/C(=C\C(=C)c1cc(-c2ccc3[nH]c4c(c3c2)C=C(c2ccccc2)CC4)ccc1NC)c1ccccc1.C=C/C=C(\C=C/C)[N+](=C/C=C\C=C/C)/C1=CC=C=C1.CC.CN/C(=C\Cc1ccccc1)c1ccccc1. The number of aromatic amines is 1. The molecule has 0 saturated carbocycles. The minimum atomic E-state index is 0.940. The topological polar surface area (TPSA) is 42.9 Å². The summed E-state index contributed by atoms with van der Waals surface area (Å²) < 4.78 is 2.10. The number of hydrogen-bond acceptors (Lipinski definition) is 2. The molecule has 4 nitrogen and oxygen atoms in total. The molecule has 1 heterocycles. The molecule has 6 aromatic carbocycles. The van der Waals surface area contributed by atoms with E-state index in [1.165, 1.54) is 61.2 Å². The number of nitrogens with zero attached hydrogens (tertiary/aromatic N) is 1. The van der Waals surface area contributed by atoms with Gasteiger partial charge in [-0.05, 0) is 126 Å². The Balaban J connectivity index is 0.000000211. The summed E-state index contributed by atoms with van der Waals surface area (Å²) in [6, 6.07) is 55.2. The highest BCUT2D eigenvalue weighted by molar-refractivity contribution is 5.99. The second-order valence-electron chi connectivity index (χ2n) is 17.8. The van der Waals surface area contributed by atoms with Gasteiger partial charge in [-0.2, -0.15) is 4.58 Å². The maximum absolute atomic E-state index is 4.44. The number of fused-ring (bicyclic) bond motifs is 3. The largest absolute Gasteiger partial charge is 0.388 e. The van der Waals surface area contributed by atoms with Crippen LogP contribution in [0, 0.1) is 0 Å². The summed E-state index contributed by atoms with van der Waals surface area (Å²) in [5.74, 6) is 0. The first kappa shape index (κ1) is 57.1. The van der Waals surface area contributed by atoms with Crippen LogP contribution >= 0.6 is 0 Å². The van der Waals surface area contributed by atoms with Crippen molar-refractivity contribution in [3.63, 3.8) is 0 Å². The molecule has 386 valence electrons. The van der Waals surface area contributed by atoms with Gasteiger partial charge in [0.2, 0.25) is 11.4 Å². The molecule has 9 rings (SSSR count). The van der Waals surface area contributed by atoms with Crippen LogP contribution in [-0.4, -0.2) is 29.9 Å². The summed E-state index contributed by atoms with van der Waals surface area (Å²) in [6.45, 7) is 20.3. The molecule has 77 heavy (non-hydrogen) atoms. The molecule has 2 aliphatic rings. The quantitative estimate of drug-likeness (QED) is 0.0368. The van der Waals surface area contributed by atoms with E-state index in [2.05, 4.69) is 197 Å². The first-order valence-corrected chi connectivity index (χ1v) is 26.7. The van der Waals surface area contributed by atoms with E-state index in [1.807, 2.05) is 139 Å². The van der Waals surface area contributed by atoms with Crippen LogP contribution in [0.2, 0.25) is 0 Å². The average molecular weight is 1010 g/mol. The second-order valence-corrected chi connectivity index (χ2v) is 17.8. The summed E-state index contributed by atoms with van der Waals surface area (Å²) in [5, 5.41) is 7.86. The molecule has 0 fully saturated rings. The Labute approximate surface area is 460 Å². The van der Waals surface area contributed by atoms with Gasteiger partial charge in [-0.15, -0.1) is 5.73 Å². The van der Waals surface area contributed by atoms with Crippen LogP contribution in [0.4, 0.5) is 5.69 Å². The van der Waals surface area contributed by atoms with E-state index in [1.54, 1.807) is 6.08 Å². The van der Waals surface area contributed by atoms with Crippen molar-refractivity contribution >= 4 is 51.3 Å². The van der Waals surface area contributed by atoms with Crippen LogP contribution in [0.25, 0.3) is 50.5 Å². The highest BCUT2D eigenvalue weighted by Crippen LogP contribution is 2.38. The number of anilines is 1. The molecular weight excluding hydrogens is 933 g/mol. The van der Waals surface area contributed by atoms with Crippen LogP contribution in [-0.2, 0) is 12.8 Å². The highest BCUT2D eigenvalue weighted by atomic mass is 15.0. The van der Waals surface area contributed by atoms with Gasteiger partial charge >= 0.3 is 0 Å². The molecule has 7 aromatic rings. The van der Waals surface area contributed by atoms with Gasteiger partial charge in [0.25, 0.3) is 0 Å². The highest BCUT2D eigenvalue weighted by Gasteiger charge is 2.18. The molecule has 0 aliphatic heterocycles. The van der Waals surface area contributed by atoms with Gasteiger partial charge < -0.3 is 15.6 Å². The van der Waals surface area contributed by atoms with Crippen molar-refractivity contribution in [1.29, 1.82) is 0 Å². The second kappa shape index (κ2) is 30.9. The van der Waals surface area contributed by atoms with E-state index in [-0.39, 0.29) is 0 Å². The van der Waals surface area contributed by atoms with Crippen molar-refractivity contribution in [2.45, 2.75) is 47.0 Å². The number of nitrogens with one attached hydrogen (secondary N) is 3. The van der Waals surface area contributed by atoms with E-state index < -0.39 is 0 Å². The van der Waals surface area contributed by atoms with Crippen molar-refractivity contribution < 1.29 is 4.58 Å². The number of H-pyrrole nitrogens is 1. The predicted octanol–water partition coefficient (Wildman–Crippen LogP) is 18.6. The van der Waals surface area contributed by atoms with Crippen LogP contribution < -0.4 is 10.6 Å². The first-order chi connectivity index (χ1) is 37.9. The summed E-state index contributed by atoms with van der Waals surface area (Å²) in [5.41, 5.74) is 23.1. The van der Waals surface area contributed by atoms with Gasteiger partial charge in [-0.1, -0.05) is 210 Å². The van der Waals surface area contributed by atoms with Crippen molar-refractivity contribution in [1.82, 2.24) is 10.3 Å². The summed E-state index contributed by atoms with van der Waals surface area (Å²) in [7, 11) is 3.92. The zero-order chi connectivity index (χ0) is 54.6. The van der Waals surface area contributed by atoms with E-state index in [9.17, 15) is 0 Å². The molecule has 2 aliphatic carbocycles. The Kier molecular flexibility index (Phi) is 22.9.